The van der Waals surface area contributed by atoms with E-state index in [2.05, 4.69) is 17.4 Å². The Bertz CT molecular complexity index is 944. The minimum absolute atomic E-state index is 0.0763. The minimum atomic E-state index is -1.09. The van der Waals surface area contributed by atoms with E-state index in [4.69, 9.17) is 4.74 Å². The topological polar surface area (TPSA) is 95.9 Å². The Labute approximate surface area is 188 Å². The molecule has 1 aliphatic rings. The smallest absolute Gasteiger partial charge is 0.407 e. The summed E-state index contributed by atoms with van der Waals surface area (Å²) in [6.07, 6.45) is 0.364. The van der Waals surface area contributed by atoms with Crippen LogP contribution < -0.4 is 5.32 Å². The number of carboxylic acid groups (broad SMARTS) is 1. The Morgan fingerprint density at radius 2 is 1.59 bits per heavy atom. The molecule has 0 heterocycles. The monoisotopic (exact) mass is 438 g/mol. The molecule has 1 aliphatic carbocycles. The number of carbonyl (C=O) groups is 3. The highest BCUT2D eigenvalue weighted by Gasteiger charge is 2.32. The van der Waals surface area contributed by atoms with Gasteiger partial charge in [0, 0.05) is 12.5 Å². The number of hydrogen-bond acceptors (Lipinski definition) is 4. The van der Waals surface area contributed by atoms with Gasteiger partial charge in [0.05, 0.1) is 0 Å². The minimum Gasteiger partial charge on any atom is -0.480 e. The SMILES string of the molecule is CCC[C@H](NC(=O)OCC1c2ccccc2-c2ccccc21)C(=O)N(CC)C(C)C(=O)O. The molecule has 0 saturated heterocycles. The van der Waals surface area contributed by atoms with Crippen molar-refractivity contribution in [1.82, 2.24) is 10.2 Å². The fraction of sp³-hybridized carbons (Fsp3) is 0.400. The number of fused-ring (bicyclic) bond motifs is 3. The lowest BCUT2D eigenvalue weighted by Crippen LogP contribution is -2.53. The number of likely N-dealkylation sites (N-methyl/N-ethyl adjacent to an activating group) is 1. The number of benzene rings is 2. The van der Waals surface area contributed by atoms with Gasteiger partial charge >= 0.3 is 12.1 Å². The molecular formula is C25H30N2O5. The molecule has 1 unspecified atom stereocenters. The number of nitrogens with one attached hydrogen (secondary N) is 1. The van der Waals surface area contributed by atoms with Crippen LogP contribution in [-0.2, 0) is 14.3 Å². The van der Waals surface area contributed by atoms with Crippen LogP contribution in [0.15, 0.2) is 48.5 Å². The Kier molecular flexibility index (Phi) is 7.51. The zero-order valence-electron chi connectivity index (χ0n) is 18.7. The van der Waals surface area contributed by atoms with Crippen molar-refractivity contribution in [3.05, 3.63) is 59.7 Å². The second-order valence-corrected chi connectivity index (χ2v) is 7.95. The van der Waals surface area contributed by atoms with Crippen molar-refractivity contribution < 1.29 is 24.2 Å². The lowest BCUT2D eigenvalue weighted by atomic mass is 9.98. The molecule has 0 spiro atoms. The summed E-state index contributed by atoms with van der Waals surface area (Å²) in [5.74, 6) is -1.58. The number of rotatable bonds is 9. The largest absolute Gasteiger partial charge is 0.480 e. The molecule has 170 valence electrons. The quantitative estimate of drug-likeness (QED) is 0.617. The highest BCUT2D eigenvalue weighted by atomic mass is 16.5. The molecule has 2 aromatic carbocycles. The van der Waals surface area contributed by atoms with E-state index in [0.29, 0.717) is 12.8 Å². The Morgan fingerprint density at radius 1 is 1.03 bits per heavy atom. The van der Waals surface area contributed by atoms with Crippen molar-refractivity contribution in [2.24, 2.45) is 0 Å². The summed E-state index contributed by atoms with van der Waals surface area (Å²) < 4.78 is 5.55. The van der Waals surface area contributed by atoms with E-state index in [0.717, 1.165) is 22.3 Å². The summed E-state index contributed by atoms with van der Waals surface area (Å²) in [5.41, 5.74) is 4.49. The molecule has 2 amide bonds. The third kappa shape index (κ3) is 4.77. The van der Waals surface area contributed by atoms with E-state index in [-0.39, 0.29) is 19.1 Å². The van der Waals surface area contributed by atoms with Gasteiger partial charge in [0.1, 0.15) is 18.7 Å². The molecule has 0 bridgehead atoms. The molecule has 7 nitrogen and oxygen atoms in total. The number of carboxylic acids is 1. The van der Waals surface area contributed by atoms with E-state index in [1.54, 1.807) is 6.92 Å². The van der Waals surface area contributed by atoms with E-state index in [9.17, 15) is 19.5 Å². The second-order valence-electron chi connectivity index (χ2n) is 7.95. The summed E-state index contributed by atoms with van der Waals surface area (Å²) in [4.78, 5) is 38.1. The van der Waals surface area contributed by atoms with Crippen LogP contribution in [0.1, 0.15) is 50.7 Å². The first-order chi connectivity index (χ1) is 15.4. The molecule has 0 saturated carbocycles. The maximum Gasteiger partial charge on any atom is 0.407 e. The fourth-order valence-corrected chi connectivity index (χ4v) is 4.28. The standard InChI is InChI=1S/C25H30N2O5/c1-4-10-22(23(28)27(5-2)16(3)24(29)30)26-25(31)32-15-21-19-13-8-6-11-17(19)18-12-7-9-14-20(18)21/h6-9,11-14,16,21-22H,4-5,10,15H2,1-3H3,(H,26,31)(H,29,30)/t16?,22-/m0/s1. The molecule has 0 radical (unpaired) electrons. The number of aliphatic carboxylic acids is 1. The van der Waals surface area contributed by atoms with Crippen molar-refractivity contribution >= 4 is 18.0 Å². The Hall–Kier alpha value is -3.35. The van der Waals surface area contributed by atoms with Crippen LogP contribution in [0.4, 0.5) is 4.79 Å². The van der Waals surface area contributed by atoms with Gasteiger partial charge in [-0.05, 0) is 42.5 Å². The van der Waals surface area contributed by atoms with Gasteiger partial charge in [-0.2, -0.15) is 0 Å². The van der Waals surface area contributed by atoms with Gasteiger partial charge in [0.15, 0.2) is 0 Å². The summed E-state index contributed by atoms with van der Waals surface area (Å²) in [7, 11) is 0. The molecule has 0 aliphatic heterocycles. The summed E-state index contributed by atoms with van der Waals surface area (Å²) in [6.45, 7) is 5.46. The maximum absolute atomic E-state index is 12.9. The van der Waals surface area contributed by atoms with Gasteiger partial charge in [0.2, 0.25) is 5.91 Å². The number of nitrogens with zero attached hydrogens (tertiary/aromatic N) is 1. The van der Waals surface area contributed by atoms with Crippen LogP contribution in [0.2, 0.25) is 0 Å². The number of amides is 2. The molecule has 32 heavy (non-hydrogen) atoms. The van der Waals surface area contributed by atoms with Crippen molar-refractivity contribution in [2.45, 2.75) is 51.6 Å². The van der Waals surface area contributed by atoms with Gasteiger partial charge in [-0.15, -0.1) is 0 Å². The molecular weight excluding hydrogens is 408 g/mol. The van der Waals surface area contributed by atoms with Gasteiger partial charge in [0.25, 0.3) is 0 Å². The van der Waals surface area contributed by atoms with Crippen LogP contribution in [-0.4, -0.2) is 53.2 Å². The molecule has 3 rings (SSSR count). The summed E-state index contributed by atoms with van der Waals surface area (Å²) in [6, 6.07) is 14.3. The van der Waals surface area contributed by atoms with Crippen molar-refractivity contribution in [3.63, 3.8) is 0 Å². The average molecular weight is 439 g/mol. The average Bonchev–Trinajstić information content (AvgIpc) is 3.11. The molecule has 0 aromatic heterocycles. The van der Waals surface area contributed by atoms with Gasteiger partial charge in [-0.3, -0.25) is 4.79 Å². The summed E-state index contributed by atoms with van der Waals surface area (Å²) >= 11 is 0. The number of hydrogen-bond donors (Lipinski definition) is 2. The lowest BCUT2D eigenvalue weighted by molar-refractivity contribution is -0.150. The normalized spacial score (nSPS) is 14.1. The van der Waals surface area contributed by atoms with Crippen molar-refractivity contribution in [3.8, 4) is 11.1 Å². The number of alkyl carbamates (subject to hydrolysis) is 1. The van der Waals surface area contributed by atoms with Crippen LogP contribution in [0.3, 0.4) is 0 Å². The maximum atomic E-state index is 12.9. The molecule has 2 atom stereocenters. The molecule has 2 aromatic rings. The third-order valence-electron chi connectivity index (χ3n) is 5.96. The predicted octanol–water partition coefficient (Wildman–Crippen LogP) is 4.02. The zero-order chi connectivity index (χ0) is 23.3. The van der Waals surface area contributed by atoms with E-state index in [1.165, 1.54) is 11.8 Å². The molecule has 2 N–H and O–H groups in total. The van der Waals surface area contributed by atoms with E-state index < -0.39 is 30.1 Å². The highest BCUT2D eigenvalue weighted by Crippen LogP contribution is 2.44. The third-order valence-corrected chi connectivity index (χ3v) is 5.96. The number of carbonyl (C=O) groups excluding carboxylic acids is 2. The Morgan fingerprint density at radius 3 is 2.09 bits per heavy atom. The molecule has 7 heteroatoms. The fourth-order valence-electron chi connectivity index (χ4n) is 4.28. The van der Waals surface area contributed by atoms with Gasteiger partial charge in [-0.1, -0.05) is 61.9 Å². The van der Waals surface area contributed by atoms with Crippen molar-refractivity contribution in [1.29, 1.82) is 0 Å². The first-order valence-electron chi connectivity index (χ1n) is 11.0. The van der Waals surface area contributed by atoms with Gasteiger partial charge in [-0.25, -0.2) is 9.59 Å². The van der Waals surface area contributed by atoms with E-state index >= 15 is 0 Å². The van der Waals surface area contributed by atoms with Crippen LogP contribution in [0, 0.1) is 0 Å². The zero-order valence-corrected chi connectivity index (χ0v) is 18.7. The van der Waals surface area contributed by atoms with Crippen LogP contribution in [0.5, 0.6) is 0 Å². The summed E-state index contributed by atoms with van der Waals surface area (Å²) in [5, 5.41) is 11.9. The Balaban J connectivity index is 1.69. The second kappa shape index (κ2) is 10.3. The van der Waals surface area contributed by atoms with Crippen LogP contribution >= 0.6 is 0 Å². The molecule has 0 fully saturated rings. The first-order valence-corrected chi connectivity index (χ1v) is 11.0. The first kappa shape index (κ1) is 23.3. The van der Waals surface area contributed by atoms with Gasteiger partial charge < -0.3 is 20.1 Å². The number of ether oxygens (including phenoxy) is 1. The van der Waals surface area contributed by atoms with E-state index in [1.807, 2.05) is 43.3 Å². The predicted molar refractivity (Wildman–Crippen MR) is 121 cm³/mol. The highest BCUT2D eigenvalue weighted by molar-refractivity contribution is 5.89. The van der Waals surface area contributed by atoms with Crippen LogP contribution in [0.25, 0.3) is 11.1 Å². The van der Waals surface area contributed by atoms with Crippen molar-refractivity contribution in [2.75, 3.05) is 13.2 Å². The lowest BCUT2D eigenvalue weighted by Gasteiger charge is -2.29.